The Morgan fingerprint density at radius 1 is 1.06 bits per heavy atom. The highest BCUT2D eigenvalue weighted by molar-refractivity contribution is 7.92. The zero-order chi connectivity index (χ0) is 25.6. The molecule has 2 rings (SSSR count). The van der Waals surface area contributed by atoms with Gasteiger partial charge in [0.05, 0.1) is 11.9 Å². The van der Waals surface area contributed by atoms with Gasteiger partial charge in [0.25, 0.3) is 0 Å². The van der Waals surface area contributed by atoms with Crippen LogP contribution < -0.4 is 9.62 Å². The number of nitrogens with zero attached hydrogens (tertiary/aromatic N) is 2. The molecule has 2 amide bonds. The van der Waals surface area contributed by atoms with Crippen LogP contribution in [0.3, 0.4) is 0 Å². The van der Waals surface area contributed by atoms with Gasteiger partial charge in [-0.1, -0.05) is 42.8 Å². The molecule has 2 aromatic carbocycles. The minimum absolute atomic E-state index is 0.0764. The van der Waals surface area contributed by atoms with Crippen molar-refractivity contribution in [1.82, 2.24) is 10.2 Å². The summed E-state index contributed by atoms with van der Waals surface area (Å²) in [4.78, 5) is 28.0. The molecule has 0 aliphatic carbocycles. The minimum atomic E-state index is -3.77. The van der Waals surface area contributed by atoms with Gasteiger partial charge in [-0.25, -0.2) is 8.42 Å². The maximum Gasteiger partial charge on any atom is 0.244 e. The summed E-state index contributed by atoms with van der Waals surface area (Å²) >= 11 is 6.35. The summed E-state index contributed by atoms with van der Waals surface area (Å²) in [5.74, 6) is -0.787. The van der Waals surface area contributed by atoms with Crippen LogP contribution in [0.25, 0.3) is 0 Å². The van der Waals surface area contributed by atoms with E-state index >= 15 is 0 Å². The molecule has 0 fully saturated rings. The monoisotopic (exact) mass is 507 g/mol. The third kappa shape index (κ3) is 7.46. The van der Waals surface area contributed by atoms with Crippen LogP contribution in [0.2, 0.25) is 5.02 Å². The van der Waals surface area contributed by atoms with Crippen LogP contribution >= 0.6 is 11.6 Å². The highest BCUT2D eigenvalue weighted by Crippen LogP contribution is 2.24. The Bertz CT molecular complexity index is 1110. The average molecular weight is 508 g/mol. The van der Waals surface area contributed by atoms with Gasteiger partial charge < -0.3 is 10.2 Å². The summed E-state index contributed by atoms with van der Waals surface area (Å²) < 4.78 is 26.5. The Balaban J connectivity index is 2.49. The predicted molar refractivity (Wildman–Crippen MR) is 137 cm³/mol. The van der Waals surface area contributed by atoms with Crippen molar-refractivity contribution < 1.29 is 18.0 Å². The van der Waals surface area contributed by atoms with Crippen molar-refractivity contribution in [2.75, 3.05) is 17.1 Å². The second-order valence-electron chi connectivity index (χ2n) is 8.82. The lowest BCUT2D eigenvalue weighted by Gasteiger charge is -2.33. The van der Waals surface area contributed by atoms with E-state index in [0.717, 1.165) is 21.7 Å². The number of benzene rings is 2. The molecule has 0 bridgehead atoms. The first-order valence-corrected chi connectivity index (χ1v) is 13.4. The predicted octanol–water partition coefficient (Wildman–Crippen LogP) is 4.05. The number of nitrogens with one attached hydrogen (secondary N) is 1. The fourth-order valence-corrected chi connectivity index (χ4v) is 4.85. The fraction of sp³-hybridized carbons (Fsp3) is 0.440. The van der Waals surface area contributed by atoms with E-state index in [-0.39, 0.29) is 18.5 Å². The molecule has 1 unspecified atom stereocenters. The molecule has 7 nitrogen and oxygen atoms in total. The van der Waals surface area contributed by atoms with Gasteiger partial charge in [0.1, 0.15) is 12.6 Å². The summed E-state index contributed by atoms with van der Waals surface area (Å²) in [7, 11) is -3.77. The van der Waals surface area contributed by atoms with Crippen LogP contribution in [-0.2, 0) is 26.2 Å². The number of carbonyl (C=O) groups excluding carboxylic acids is 2. The highest BCUT2D eigenvalue weighted by atomic mass is 35.5. The fourth-order valence-electron chi connectivity index (χ4n) is 3.82. The van der Waals surface area contributed by atoms with E-state index in [9.17, 15) is 18.0 Å². The number of carbonyl (C=O) groups is 2. The zero-order valence-corrected chi connectivity index (χ0v) is 22.2. The molecule has 0 aromatic heterocycles. The van der Waals surface area contributed by atoms with Crippen LogP contribution in [0.15, 0.2) is 42.5 Å². The second kappa shape index (κ2) is 11.7. The van der Waals surface area contributed by atoms with Crippen molar-refractivity contribution in [2.45, 2.75) is 59.7 Å². The standard InChI is InChI=1S/C25H34ClN3O4S/c1-7-23(25(31)27-17(2)3)28(15-20-10-8-9-11-22(20)26)24(30)16-29(34(6,32)33)21-13-18(4)12-19(5)14-21/h8-14,17,23H,7,15-16H2,1-6H3,(H,27,31). The second-order valence-corrected chi connectivity index (χ2v) is 11.1. The number of anilines is 1. The Hall–Kier alpha value is -2.58. The minimum Gasteiger partial charge on any atom is -0.352 e. The normalized spacial score (nSPS) is 12.4. The van der Waals surface area contributed by atoms with Crippen LogP contribution in [0, 0.1) is 13.8 Å². The number of rotatable bonds is 10. The summed E-state index contributed by atoms with van der Waals surface area (Å²) in [5.41, 5.74) is 2.84. The first kappa shape index (κ1) is 27.7. The number of aryl methyl sites for hydroxylation is 2. The van der Waals surface area contributed by atoms with Gasteiger partial charge >= 0.3 is 0 Å². The number of hydrogen-bond donors (Lipinski definition) is 1. The Morgan fingerprint density at radius 2 is 1.65 bits per heavy atom. The van der Waals surface area contributed by atoms with Crippen molar-refractivity contribution in [3.63, 3.8) is 0 Å². The van der Waals surface area contributed by atoms with Gasteiger partial charge in [-0.05, 0) is 69.0 Å². The summed E-state index contributed by atoms with van der Waals surface area (Å²) in [6.07, 6.45) is 1.43. The quantitative estimate of drug-likeness (QED) is 0.525. The Morgan fingerprint density at radius 3 is 2.15 bits per heavy atom. The van der Waals surface area contributed by atoms with Crippen molar-refractivity contribution in [3.05, 3.63) is 64.2 Å². The van der Waals surface area contributed by atoms with Crippen LogP contribution in [0.5, 0.6) is 0 Å². The maximum atomic E-state index is 13.6. The Labute approximate surface area is 208 Å². The van der Waals surface area contributed by atoms with Crippen molar-refractivity contribution >= 4 is 39.1 Å². The first-order chi connectivity index (χ1) is 15.8. The van der Waals surface area contributed by atoms with E-state index in [0.29, 0.717) is 22.7 Å². The van der Waals surface area contributed by atoms with Crippen LogP contribution in [0.4, 0.5) is 5.69 Å². The molecule has 0 heterocycles. The molecule has 0 radical (unpaired) electrons. The van der Waals surface area contributed by atoms with Crippen molar-refractivity contribution in [2.24, 2.45) is 0 Å². The van der Waals surface area contributed by atoms with Gasteiger partial charge in [0, 0.05) is 17.6 Å². The molecular formula is C25H34ClN3O4S. The lowest BCUT2D eigenvalue weighted by atomic mass is 10.1. The molecular weight excluding hydrogens is 474 g/mol. The number of sulfonamides is 1. The molecule has 1 atom stereocenters. The van der Waals surface area contributed by atoms with E-state index < -0.39 is 28.5 Å². The lowest BCUT2D eigenvalue weighted by molar-refractivity contribution is -0.140. The van der Waals surface area contributed by atoms with E-state index in [2.05, 4.69) is 5.32 Å². The van der Waals surface area contributed by atoms with Gasteiger partial charge in [0.15, 0.2) is 0 Å². The first-order valence-electron chi connectivity index (χ1n) is 11.2. The SMILES string of the molecule is CCC(C(=O)NC(C)C)N(Cc1ccccc1Cl)C(=O)CN(c1cc(C)cc(C)c1)S(C)(=O)=O. The van der Waals surface area contributed by atoms with E-state index in [1.807, 2.05) is 40.7 Å². The largest absolute Gasteiger partial charge is 0.352 e. The van der Waals surface area contributed by atoms with Crippen molar-refractivity contribution in [1.29, 1.82) is 0 Å². The topological polar surface area (TPSA) is 86.8 Å². The molecule has 9 heteroatoms. The molecule has 0 saturated carbocycles. The third-order valence-electron chi connectivity index (χ3n) is 5.29. The van der Waals surface area contributed by atoms with Crippen LogP contribution in [-0.4, -0.2) is 50.0 Å². The summed E-state index contributed by atoms with van der Waals surface area (Å²) in [6.45, 7) is 8.88. The number of halogens is 1. The number of amides is 2. The van der Waals surface area contributed by atoms with E-state index in [4.69, 9.17) is 11.6 Å². The maximum absolute atomic E-state index is 13.6. The van der Waals surface area contributed by atoms with Crippen LogP contribution in [0.1, 0.15) is 43.9 Å². The third-order valence-corrected chi connectivity index (χ3v) is 6.80. The summed E-state index contributed by atoms with van der Waals surface area (Å²) in [5, 5.41) is 3.33. The Kier molecular flexibility index (Phi) is 9.53. The van der Waals surface area contributed by atoms with E-state index in [1.54, 1.807) is 36.4 Å². The lowest BCUT2D eigenvalue weighted by Crippen LogP contribution is -2.53. The van der Waals surface area contributed by atoms with E-state index in [1.165, 1.54) is 4.90 Å². The van der Waals surface area contributed by atoms with Gasteiger partial charge in [-0.3, -0.25) is 13.9 Å². The van der Waals surface area contributed by atoms with Gasteiger partial charge in [-0.15, -0.1) is 0 Å². The molecule has 2 aromatic rings. The molecule has 0 saturated heterocycles. The number of hydrogen-bond acceptors (Lipinski definition) is 4. The molecule has 0 aliphatic heterocycles. The van der Waals surface area contributed by atoms with Crippen molar-refractivity contribution in [3.8, 4) is 0 Å². The highest BCUT2D eigenvalue weighted by Gasteiger charge is 2.32. The molecule has 1 N–H and O–H groups in total. The smallest absolute Gasteiger partial charge is 0.244 e. The average Bonchev–Trinajstić information content (AvgIpc) is 2.70. The zero-order valence-electron chi connectivity index (χ0n) is 20.6. The summed E-state index contributed by atoms with van der Waals surface area (Å²) in [6, 6.07) is 11.6. The molecule has 0 spiro atoms. The molecule has 0 aliphatic rings. The van der Waals surface area contributed by atoms with Gasteiger partial charge in [-0.2, -0.15) is 0 Å². The van der Waals surface area contributed by atoms with Gasteiger partial charge in [0.2, 0.25) is 21.8 Å². The molecule has 186 valence electrons. The molecule has 34 heavy (non-hydrogen) atoms.